The maximum atomic E-state index is 12.9. The Hall–Kier alpha value is -1.06. The minimum Gasteiger partial charge on any atom is -1.00 e. The van der Waals surface area contributed by atoms with Crippen LogP contribution in [0.25, 0.3) is 0 Å². The third-order valence-corrected chi connectivity index (χ3v) is 5.60. The smallest absolute Gasteiger partial charge is 1.00 e. The van der Waals surface area contributed by atoms with Gasteiger partial charge in [-0.1, -0.05) is 58.4 Å². The van der Waals surface area contributed by atoms with Crippen LogP contribution in [0.15, 0.2) is 36.4 Å². The third kappa shape index (κ3) is 6.80. The fourth-order valence-electron chi connectivity index (χ4n) is 2.92. The van der Waals surface area contributed by atoms with Crippen molar-refractivity contribution in [1.82, 2.24) is 0 Å². The Kier molecular flexibility index (Phi) is 9.30. The number of hydrogen-bond donors (Lipinski definition) is 0. The molecule has 0 bridgehead atoms. The number of unbranched alkanes of at least 4 members (excludes halogenated alkanes) is 1. The van der Waals surface area contributed by atoms with E-state index in [-0.39, 0.29) is 39.8 Å². The molecule has 0 saturated carbocycles. The number of hydrogen-bond acceptors (Lipinski definition) is 2. The normalized spacial score (nSPS) is 11.5. The van der Waals surface area contributed by atoms with Gasteiger partial charge in [-0.2, -0.15) is 0 Å². The fourth-order valence-corrected chi connectivity index (χ4v) is 4.03. The van der Waals surface area contributed by atoms with Crippen molar-refractivity contribution in [3.05, 3.63) is 58.7 Å². The molecule has 2 rings (SSSR count). The van der Waals surface area contributed by atoms with Gasteiger partial charge in [-0.3, -0.25) is 4.79 Å². The second kappa shape index (κ2) is 10.5. The van der Waals surface area contributed by atoms with Crippen molar-refractivity contribution in [2.24, 2.45) is 0 Å². The molecule has 0 radical (unpaired) electrons. The summed E-state index contributed by atoms with van der Waals surface area (Å²) >= 11 is 0. The molecular weight excluding hydrogens is 346 g/mol. The van der Waals surface area contributed by atoms with Gasteiger partial charge in [0.2, 0.25) is 0 Å². The van der Waals surface area contributed by atoms with Crippen LogP contribution >= 0.6 is 8.58 Å². The Morgan fingerprint density at radius 3 is 2.11 bits per heavy atom. The van der Waals surface area contributed by atoms with Crippen molar-refractivity contribution in [2.45, 2.75) is 59.8 Å². The molecule has 142 valence electrons. The van der Waals surface area contributed by atoms with E-state index in [4.69, 9.17) is 4.74 Å². The summed E-state index contributed by atoms with van der Waals surface area (Å²) in [5.41, 5.74) is 4.60. The molecule has 2 aromatic rings. The minimum absolute atomic E-state index is 0. The van der Waals surface area contributed by atoms with Crippen LogP contribution in [0.5, 0.6) is 5.75 Å². The van der Waals surface area contributed by atoms with Crippen LogP contribution in [0.3, 0.4) is 0 Å². The summed E-state index contributed by atoms with van der Waals surface area (Å²) in [5.74, 6) is 0.876. The van der Waals surface area contributed by atoms with Crippen molar-refractivity contribution >= 4 is 19.4 Å². The zero-order chi connectivity index (χ0) is 19.3. The molecule has 4 heteroatoms. The first-order chi connectivity index (χ1) is 12.2. The summed E-state index contributed by atoms with van der Waals surface area (Å²) in [7, 11) is 0.136. The van der Waals surface area contributed by atoms with E-state index in [0.717, 1.165) is 47.2 Å². The van der Waals surface area contributed by atoms with E-state index in [1.54, 1.807) is 0 Å². The Labute approximate surface area is 179 Å². The summed E-state index contributed by atoms with van der Waals surface area (Å²) < 4.78 is 5.69. The molecule has 0 fully saturated rings. The molecule has 0 spiro atoms. The van der Waals surface area contributed by atoms with Gasteiger partial charge in [-0.25, -0.2) is 0 Å². The van der Waals surface area contributed by atoms with E-state index in [1.807, 2.05) is 38.1 Å². The molecule has 0 heterocycles. The fraction of sp³-hybridized carbons (Fsp3) is 0.435. The number of ether oxygens (including phenoxy) is 1. The molecule has 0 amide bonds. The molecule has 0 aromatic heterocycles. The van der Waals surface area contributed by atoms with Crippen molar-refractivity contribution in [2.75, 3.05) is 6.61 Å². The maximum Gasteiger partial charge on any atom is 1.00 e. The van der Waals surface area contributed by atoms with Gasteiger partial charge >= 0.3 is 18.9 Å². The Morgan fingerprint density at radius 1 is 1.07 bits per heavy atom. The number of benzene rings is 2. The number of carbonyl (C=O) groups excluding carboxylic acids is 1. The van der Waals surface area contributed by atoms with Crippen LogP contribution < -0.4 is 28.9 Å². The number of aryl methyl sites for hydroxylation is 2. The molecular formula is C23H32LiO2P. The first-order valence-corrected chi connectivity index (χ1v) is 10.4. The maximum absolute atomic E-state index is 12.9. The first kappa shape index (κ1) is 24.0. The van der Waals surface area contributed by atoms with Gasteiger partial charge in [0.15, 0.2) is 5.52 Å². The summed E-state index contributed by atoms with van der Waals surface area (Å²) in [6.07, 6.45) is 2.19. The molecule has 27 heavy (non-hydrogen) atoms. The summed E-state index contributed by atoms with van der Waals surface area (Å²) in [6.45, 7) is 13.6. The van der Waals surface area contributed by atoms with E-state index in [2.05, 4.69) is 39.8 Å². The minimum atomic E-state index is 0. The SMILES string of the molecule is CCCCOc1ccc(PC(=O)c2c(C)cc(C(C)(C)C)cc2C)cc1.[H-].[Li+]. The van der Waals surface area contributed by atoms with E-state index >= 15 is 0 Å². The molecule has 0 saturated heterocycles. The first-order valence-electron chi connectivity index (χ1n) is 9.38. The van der Waals surface area contributed by atoms with Gasteiger partial charge in [0.1, 0.15) is 5.75 Å². The van der Waals surface area contributed by atoms with Gasteiger partial charge in [0, 0.05) is 5.56 Å². The van der Waals surface area contributed by atoms with Crippen molar-refractivity contribution in [1.29, 1.82) is 0 Å². The second-order valence-electron chi connectivity index (χ2n) is 7.92. The van der Waals surface area contributed by atoms with Gasteiger partial charge < -0.3 is 6.16 Å². The quantitative estimate of drug-likeness (QED) is 0.421. The Bertz CT molecular complexity index is 744. The molecule has 1 unspecified atom stereocenters. The summed E-state index contributed by atoms with van der Waals surface area (Å²) in [4.78, 5) is 12.9. The predicted octanol–water partition coefficient (Wildman–Crippen LogP) is 3.04. The van der Waals surface area contributed by atoms with Crippen molar-refractivity contribution in [3.63, 3.8) is 0 Å². The van der Waals surface area contributed by atoms with Crippen molar-refractivity contribution in [3.8, 4) is 5.75 Å². The van der Waals surface area contributed by atoms with Crippen LogP contribution in [0.4, 0.5) is 0 Å². The van der Waals surface area contributed by atoms with Crippen LogP contribution in [0.2, 0.25) is 0 Å². The Balaban J connectivity index is 0.00000364. The molecule has 2 nitrogen and oxygen atoms in total. The standard InChI is InChI=1S/C23H31O2P.Li.H/c1-7-8-13-25-19-9-11-20(12-10-19)26-22(24)21-16(2)14-18(15-17(21)3)23(4,5)6;;/h9-12,14-15,26H,7-8,13H2,1-6H3;;/q;+1;-1. The van der Waals surface area contributed by atoms with Gasteiger partial charge in [-0.05, 0) is 68.4 Å². The third-order valence-electron chi connectivity index (χ3n) is 4.50. The van der Waals surface area contributed by atoms with Crippen LogP contribution in [0.1, 0.15) is 69.0 Å². The van der Waals surface area contributed by atoms with Crippen LogP contribution in [0, 0.1) is 13.8 Å². The van der Waals surface area contributed by atoms with Crippen LogP contribution in [-0.4, -0.2) is 12.1 Å². The number of rotatable bonds is 7. The molecule has 0 aliphatic heterocycles. The predicted molar refractivity (Wildman–Crippen MR) is 115 cm³/mol. The molecule has 1 atom stereocenters. The topological polar surface area (TPSA) is 26.3 Å². The Morgan fingerprint density at radius 2 is 1.63 bits per heavy atom. The van der Waals surface area contributed by atoms with E-state index in [1.165, 1.54) is 5.56 Å². The van der Waals surface area contributed by atoms with Gasteiger partial charge in [-0.15, -0.1) is 0 Å². The zero-order valence-electron chi connectivity index (χ0n) is 18.9. The zero-order valence-corrected chi connectivity index (χ0v) is 18.9. The summed E-state index contributed by atoms with van der Waals surface area (Å²) in [5, 5.41) is 1.05. The largest absolute Gasteiger partial charge is 1.00 e. The molecule has 0 aliphatic carbocycles. The monoisotopic (exact) mass is 378 g/mol. The van der Waals surface area contributed by atoms with Gasteiger partial charge in [0.25, 0.3) is 0 Å². The van der Waals surface area contributed by atoms with Gasteiger partial charge in [0.05, 0.1) is 6.61 Å². The molecule has 0 aliphatic rings. The second-order valence-corrected chi connectivity index (χ2v) is 9.20. The average Bonchev–Trinajstić information content (AvgIpc) is 2.55. The van der Waals surface area contributed by atoms with Crippen LogP contribution in [-0.2, 0) is 5.41 Å². The molecule has 2 aromatic carbocycles. The number of carbonyl (C=O) groups is 1. The van der Waals surface area contributed by atoms with E-state index in [0.29, 0.717) is 0 Å². The van der Waals surface area contributed by atoms with E-state index < -0.39 is 0 Å². The summed E-state index contributed by atoms with van der Waals surface area (Å²) in [6, 6.07) is 12.3. The average molecular weight is 378 g/mol. The van der Waals surface area contributed by atoms with E-state index in [9.17, 15) is 4.79 Å². The molecule has 0 N–H and O–H groups in total. The van der Waals surface area contributed by atoms with Crippen molar-refractivity contribution < 1.29 is 29.8 Å².